The van der Waals surface area contributed by atoms with Gasteiger partial charge in [-0.05, 0) is 116 Å². The molecule has 0 aromatic heterocycles. The maximum atomic E-state index is 12.9. The fourth-order valence-corrected chi connectivity index (χ4v) is 8.30. The van der Waals surface area contributed by atoms with Gasteiger partial charge in [0.05, 0.1) is 0 Å². The van der Waals surface area contributed by atoms with E-state index in [-0.39, 0.29) is 37.5 Å². The molecule has 0 aromatic carbocycles. The second-order valence-corrected chi connectivity index (χ2v) is 20.2. The highest BCUT2D eigenvalue weighted by Crippen LogP contribution is 2.15. The summed E-state index contributed by atoms with van der Waals surface area (Å²) in [5.41, 5.74) is 0. The summed E-state index contributed by atoms with van der Waals surface area (Å²) < 4.78 is 16.8. The molecule has 0 aromatic rings. The van der Waals surface area contributed by atoms with Gasteiger partial charge >= 0.3 is 17.9 Å². The van der Waals surface area contributed by atoms with Gasteiger partial charge in [0.25, 0.3) is 0 Å². The molecule has 0 aliphatic carbocycles. The van der Waals surface area contributed by atoms with E-state index in [1.165, 1.54) is 96.3 Å². The van der Waals surface area contributed by atoms with E-state index in [9.17, 15) is 14.4 Å². The van der Waals surface area contributed by atoms with Gasteiger partial charge in [-0.1, -0.05) is 270 Å². The first-order valence-corrected chi connectivity index (χ1v) is 31.2. The summed E-state index contributed by atoms with van der Waals surface area (Å²) >= 11 is 0. The summed E-state index contributed by atoms with van der Waals surface area (Å²) in [6.45, 7) is 6.37. The lowest BCUT2D eigenvalue weighted by Gasteiger charge is -2.18. The summed E-state index contributed by atoms with van der Waals surface area (Å²) in [6, 6.07) is 0. The number of ether oxygens (including phenoxy) is 3. The second kappa shape index (κ2) is 63.1. The van der Waals surface area contributed by atoms with E-state index in [0.717, 1.165) is 135 Å². The first-order valence-electron chi connectivity index (χ1n) is 31.2. The Labute approximate surface area is 468 Å². The predicted octanol–water partition coefficient (Wildman–Crippen LogP) is 21.4. The lowest BCUT2D eigenvalue weighted by molar-refractivity contribution is -0.167. The van der Waals surface area contributed by atoms with Crippen molar-refractivity contribution in [3.8, 4) is 0 Å². The molecule has 0 heterocycles. The fourth-order valence-electron chi connectivity index (χ4n) is 8.30. The fraction of sp³-hybridized carbons (Fsp3) is 0.643. The molecule has 0 aliphatic heterocycles. The molecule has 6 heteroatoms. The molecule has 0 aliphatic rings. The number of carbonyl (C=O) groups excluding carboxylic acids is 3. The molecule has 0 radical (unpaired) electrons. The number of rotatable bonds is 55. The number of allylic oxidation sites excluding steroid dienone is 22. The molecule has 0 spiro atoms. The smallest absolute Gasteiger partial charge is 0.306 e. The quantitative estimate of drug-likeness (QED) is 0.0261. The van der Waals surface area contributed by atoms with Gasteiger partial charge in [0.1, 0.15) is 13.2 Å². The molecule has 0 fully saturated rings. The third kappa shape index (κ3) is 60.4. The van der Waals surface area contributed by atoms with Crippen molar-refractivity contribution in [2.24, 2.45) is 0 Å². The van der Waals surface area contributed by atoms with Gasteiger partial charge in [0.15, 0.2) is 6.10 Å². The van der Waals surface area contributed by atoms with Crippen molar-refractivity contribution in [3.63, 3.8) is 0 Å². The van der Waals surface area contributed by atoms with Gasteiger partial charge in [-0.15, -0.1) is 0 Å². The van der Waals surface area contributed by atoms with E-state index in [1.54, 1.807) is 0 Å². The monoisotopic (exact) mass is 1050 g/mol. The van der Waals surface area contributed by atoms with E-state index in [1.807, 2.05) is 0 Å². The topological polar surface area (TPSA) is 78.9 Å². The zero-order valence-corrected chi connectivity index (χ0v) is 49.2. The van der Waals surface area contributed by atoms with E-state index in [0.29, 0.717) is 12.8 Å². The molecule has 0 amide bonds. The molecule has 0 rings (SSSR count). The normalized spacial score (nSPS) is 13.0. The highest BCUT2D eigenvalue weighted by atomic mass is 16.6. The first kappa shape index (κ1) is 71.5. The Morgan fingerprint density at radius 2 is 0.513 bits per heavy atom. The van der Waals surface area contributed by atoms with E-state index < -0.39 is 6.10 Å². The number of hydrogen-bond acceptors (Lipinski definition) is 6. The molecule has 0 saturated carbocycles. The average Bonchev–Trinajstić information content (AvgIpc) is 3.42. The standard InChI is InChI=1S/C70H114O6/c1-4-7-10-13-16-19-22-24-26-28-30-31-32-33-34-35-36-37-38-39-41-42-44-46-48-51-54-57-60-63-69(72)75-66-67(65-74-68(71)62-59-56-53-50-21-18-15-12-9-6-3)76-70(73)64-61-58-55-52-49-47-45-43-40-29-27-25-23-20-17-14-11-8-5-2/h7-8,10-11,16-17,19-20,24-27,30-31,33-34,36-37,40,43,47,49,67H,4-6,9,12-15,18,21-23,28-29,32,35,38-39,41-42,44-46,48,50-66H2,1-3H3/b10-7-,11-8-,19-16-,20-17-,26-24-,27-25-,31-30-,34-33-,37-36-,43-40-,49-47-. The second-order valence-electron chi connectivity index (χ2n) is 20.2. The van der Waals surface area contributed by atoms with Gasteiger partial charge in [-0.3, -0.25) is 14.4 Å². The molecular formula is C70H114O6. The van der Waals surface area contributed by atoms with Crippen LogP contribution in [0.5, 0.6) is 0 Å². The largest absolute Gasteiger partial charge is 0.462 e. The van der Waals surface area contributed by atoms with Crippen molar-refractivity contribution in [2.45, 2.75) is 277 Å². The van der Waals surface area contributed by atoms with Gasteiger partial charge in [0.2, 0.25) is 0 Å². The SMILES string of the molecule is CC/C=C\C/C=C\C/C=C\C/C=C\C/C=C\C/C=C\CCCCCCCCCCCCC(=O)OCC(COC(=O)CCCCCCCCCCCC)OC(=O)CCCCC/C=C\C/C=C\C/C=C\C/C=C\C/C=C\CC. The Hall–Kier alpha value is -4.45. The first-order chi connectivity index (χ1) is 37.5. The Balaban J connectivity index is 4.30. The Morgan fingerprint density at radius 1 is 0.276 bits per heavy atom. The Bertz CT molecular complexity index is 1630. The zero-order valence-electron chi connectivity index (χ0n) is 49.2. The van der Waals surface area contributed by atoms with Gasteiger partial charge in [0, 0.05) is 19.3 Å². The molecule has 0 N–H and O–H groups in total. The third-order valence-electron chi connectivity index (χ3n) is 12.9. The minimum Gasteiger partial charge on any atom is -0.462 e. The predicted molar refractivity (Wildman–Crippen MR) is 329 cm³/mol. The van der Waals surface area contributed by atoms with Gasteiger partial charge < -0.3 is 14.2 Å². The van der Waals surface area contributed by atoms with Crippen molar-refractivity contribution >= 4 is 17.9 Å². The summed E-state index contributed by atoms with van der Waals surface area (Å²) in [4.78, 5) is 38.2. The Kier molecular flexibility index (Phi) is 59.4. The summed E-state index contributed by atoms with van der Waals surface area (Å²) in [5.74, 6) is -0.932. The van der Waals surface area contributed by atoms with Crippen LogP contribution in [0, 0.1) is 0 Å². The minimum absolute atomic E-state index is 0.0941. The minimum atomic E-state index is -0.800. The lowest BCUT2D eigenvalue weighted by Crippen LogP contribution is -2.30. The molecule has 76 heavy (non-hydrogen) atoms. The van der Waals surface area contributed by atoms with Crippen molar-refractivity contribution in [2.75, 3.05) is 13.2 Å². The summed E-state index contributed by atoms with van der Waals surface area (Å²) in [7, 11) is 0. The lowest BCUT2D eigenvalue weighted by atomic mass is 10.1. The van der Waals surface area contributed by atoms with E-state index in [4.69, 9.17) is 14.2 Å². The van der Waals surface area contributed by atoms with Crippen LogP contribution >= 0.6 is 0 Å². The number of hydrogen-bond donors (Lipinski definition) is 0. The molecule has 0 saturated heterocycles. The van der Waals surface area contributed by atoms with E-state index in [2.05, 4.69) is 154 Å². The van der Waals surface area contributed by atoms with Crippen molar-refractivity contribution in [1.29, 1.82) is 0 Å². The molecule has 0 bridgehead atoms. The van der Waals surface area contributed by atoms with Crippen LogP contribution in [0.2, 0.25) is 0 Å². The van der Waals surface area contributed by atoms with Crippen LogP contribution < -0.4 is 0 Å². The van der Waals surface area contributed by atoms with Crippen molar-refractivity contribution in [3.05, 3.63) is 134 Å². The number of esters is 3. The van der Waals surface area contributed by atoms with Crippen LogP contribution in [0.1, 0.15) is 271 Å². The molecule has 430 valence electrons. The van der Waals surface area contributed by atoms with Crippen molar-refractivity contribution in [1.82, 2.24) is 0 Å². The van der Waals surface area contributed by atoms with E-state index >= 15 is 0 Å². The van der Waals surface area contributed by atoms with Crippen LogP contribution in [0.3, 0.4) is 0 Å². The van der Waals surface area contributed by atoms with Gasteiger partial charge in [-0.25, -0.2) is 0 Å². The molecule has 1 unspecified atom stereocenters. The van der Waals surface area contributed by atoms with Crippen LogP contribution in [-0.2, 0) is 28.6 Å². The third-order valence-corrected chi connectivity index (χ3v) is 12.9. The zero-order chi connectivity index (χ0) is 55.0. The Morgan fingerprint density at radius 3 is 0.816 bits per heavy atom. The van der Waals surface area contributed by atoms with Crippen LogP contribution in [0.25, 0.3) is 0 Å². The average molecular weight is 1050 g/mol. The highest BCUT2D eigenvalue weighted by molar-refractivity contribution is 5.71. The molecular weight excluding hydrogens is 937 g/mol. The van der Waals surface area contributed by atoms with Crippen LogP contribution in [0.15, 0.2) is 134 Å². The highest BCUT2D eigenvalue weighted by Gasteiger charge is 2.19. The van der Waals surface area contributed by atoms with Crippen LogP contribution in [0.4, 0.5) is 0 Å². The summed E-state index contributed by atoms with van der Waals surface area (Å²) in [6.07, 6.45) is 88.9. The maximum absolute atomic E-state index is 12.9. The van der Waals surface area contributed by atoms with Crippen molar-refractivity contribution < 1.29 is 28.6 Å². The molecule has 1 atom stereocenters. The molecule has 6 nitrogen and oxygen atoms in total. The maximum Gasteiger partial charge on any atom is 0.306 e. The summed E-state index contributed by atoms with van der Waals surface area (Å²) in [5, 5.41) is 0. The van der Waals surface area contributed by atoms with Crippen LogP contribution in [-0.4, -0.2) is 37.2 Å². The number of carbonyl (C=O) groups is 3. The van der Waals surface area contributed by atoms with Gasteiger partial charge in [-0.2, -0.15) is 0 Å². The number of unbranched alkanes of at least 4 members (excludes halogenated alkanes) is 22.